The largest absolute Gasteiger partial charge is 0.450 e. The summed E-state index contributed by atoms with van der Waals surface area (Å²) in [7, 11) is 0. The molecule has 2 aromatic heterocycles. The lowest BCUT2D eigenvalue weighted by atomic mass is 9.98. The van der Waals surface area contributed by atoms with Gasteiger partial charge in [0.15, 0.2) is 11.2 Å². The highest BCUT2D eigenvalue weighted by atomic mass is 35.5. The summed E-state index contributed by atoms with van der Waals surface area (Å²) in [6.45, 7) is 1.72. The van der Waals surface area contributed by atoms with Crippen LogP contribution >= 0.6 is 23.2 Å². The Hall–Kier alpha value is -3.09. The van der Waals surface area contributed by atoms with Crippen molar-refractivity contribution < 1.29 is 13.7 Å². The second-order valence-electron chi connectivity index (χ2n) is 6.74. The first-order valence-electron chi connectivity index (χ1n) is 8.72. The second-order valence-corrected chi connectivity index (χ2v) is 7.61. The van der Waals surface area contributed by atoms with Gasteiger partial charge in [0.1, 0.15) is 11.3 Å². The van der Waals surface area contributed by atoms with Gasteiger partial charge in [-0.25, -0.2) is 0 Å². The molecule has 0 spiro atoms. The third-order valence-electron chi connectivity index (χ3n) is 4.88. The lowest BCUT2D eigenvalue weighted by Gasteiger charge is -2.22. The van der Waals surface area contributed by atoms with Crippen molar-refractivity contribution >= 4 is 45.9 Å². The highest BCUT2D eigenvalue weighted by Crippen LogP contribution is 2.41. The van der Waals surface area contributed by atoms with Gasteiger partial charge in [-0.1, -0.05) is 40.5 Å². The van der Waals surface area contributed by atoms with Crippen LogP contribution in [0.3, 0.4) is 0 Å². The predicted octanol–water partition coefficient (Wildman–Crippen LogP) is 5.15. The molecule has 0 saturated carbocycles. The summed E-state index contributed by atoms with van der Waals surface area (Å²) >= 11 is 12.1. The van der Waals surface area contributed by atoms with Crippen LogP contribution in [0.5, 0.6) is 0 Å². The van der Waals surface area contributed by atoms with Crippen molar-refractivity contribution in [2.45, 2.75) is 13.0 Å². The fourth-order valence-corrected chi connectivity index (χ4v) is 3.91. The average molecular weight is 427 g/mol. The van der Waals surface area contributed by atoms with Crippen molar-refractivity contribution in [2.24, 2.45) is 0 Å². The molecule has 0 bridgehead atoms. The molecule has 1 amide bonds. The van der Waals surface area contributed by atoms with Gasteiger partial charge in [0.05, 0.1) is 17.0 Å². The Morgan fingerprint density at radius 1 is 1.00 bits per heavy atom. The van der Waals surface area contributed by atoms with E-state index in [9.17, 15) is 9.59 Å². The van der Waals surface area contributed by atoms with Crippen molar-refractivity contribution in [1.82, 2.24) is 5.16 Å². The zero-order chi connectivity index (χ0) is 20.3. The standard InChI is InChI=1S/C21H12Cl2N2O4/c1-10-8-16(24-29-10)25-18(11-2-4-12(22)5-3-11)17-19(26)14-9-13(23)6-7-15(14)28-20(17)21(25)27/h2-9,18H,1H3/t18-/m1/s1. The Morgan fingerprint density at radius 2 is 1.72 bits per heavy atom. The summed E-state index contributed by atoms with van der Waals surface area (Å²) in [5, 5.41) is 5.23. The second kappa shape index (κ2) is 6.47. The monoisotopic (exact) mass is 426 g/mol. The maximum atomic E-state index is 13.4. The molecule has 0 N–H and O–H groups in total. The maximum absolute atomic E-state index is 13.4. The first-order valence-corrected chi connectivity index (χ1v) is 9.48. The molecular weight excluding hydrogens is 415 g/mol. The average Bonchev–Trinajstić information content (AvgIpc) is 3.25. The van der Waals surface area contributed by atoms with E-state index >= 15 is 0 Å². The molecule has 5 rings (SSSR count). The molecular formula is C21H12Cl2N2O4. The number of amides is 1. The number of aromatic nitrogens is 1. The molecule has 0 fully saturated rings. The Balaban J connectivity index is 1.83. The van der Waals surface area contributed by atoms with E-state index in [4.69, 9.17) is 32.1 Å². The molecule has 0 unspecified atom stereocenters. The predicted molar refractivity (Wildman–Crippen MR) is 109 cm³/mol. The SMILES string of the molecule is Cc1cc(N2C(=O)c3oc4ccc(Cl)cc4c(=O)c3[C@H]2c2ccc(Cl)cc2)no1. The molecule has 144 valence electrons. The molecule has 1 aliphatic heterocycles. The molecule has 0 saturated heterocycles. The van der Waals surface area contributed by atoms with Gasteiger partial charge in [0, 0.05) is 16.1 Å². The summed E-state index contributed by atoms with van der Waals surface area (Å²) in [6.07, 6.45) is 0. The van der Waals surface area contributed by atoms with E-state index in [1.54, 1.807) is 49.4 Å². The minimum Gasteiger partial charge on any atom is -0.450 e. The number of carbonyl (C=O) groups excluding carboxylic acids is 1. The Bertz CT molecular complexity index is 1340. The van der Waals surface area contributed by atoms with Crippen LogP contribution in [0.1, 0.15) is 33.5 Å². The van der Waals surface area contributed by atoms with Crippen LogP contribution in [-0.2, 0) is 0 Å². The third-order valence-corrected chi connectivity index (χ3v) is 5.37. The van der Waals surface area contributed by atoms with E-state index in [2.05, 4.69) is 5.16 Å². The van der Waals surface area contributed by atoms with E-state index < -0.39 is 11.9 Å². The number of nitrogens with zero attached hydrogens (tertiary/aromatic N) is 2. The van der Waals surface area contributed by atoms with E-state index in [0.29, 0.717) is 38.2 Å². The first kappa shape index (κ1) is 18.0. The summed E-state index contributed by atoms with van der Waals surface area (Å²) in [4.78, 5) is 28.1. The van der Waals surface area contributed by atoms with Gasteiger partial charge in [0.25, 0.3) is 5.91 Å². The zero-order valence-electron chi connectivity index (χ0n) is 15.0. The summed E-state index contributed by atoms with van der Waals surface area (Å²) in [5.74, 6) is 0.336. The lowest BCUT2D eigenvalue weighted by Crippen LogP contribution is -2.29. The molecule has 1 atom stereocenters. The number of aryl methyl sites for hydroxylation is 1. The molecule has 6 nitrogen and oxygen atoms in total. The van der Waals surface area contributed by atoms with Crippen molar-refractivity contribution in [2.75, 3.05) is 4.90 Å². The number of halogens is 2. The third kappa shape index (κ3) is 2.75. The number of rotatable bonds is 2. The van der Waals surface area contributed by atoms with Crippen LogP contribution in [-0.4, -0.2) is 11.1 Å². The molecule has 0 radical (unpaired) electrons. The fourth-order valence-electron chi connectivity index (χ4n) is 3.61. The number of fused-ring (bicyclic) bond motifs is 2. The number of anilines is 1. The first-order chi connectivity index (χ1) is 13.9. The van der Waals surface area contributed by atoms with Gasteiger partial charge in [0.2, 0.25) is 5.76 Å². The van der Waals surface area contributed by atoms with Gasteiger partial charge < -0.3 is 8.94 Å². The van der Waals surface area contributed by atoms with Crippen LogP contribution in [0, 0.1) is 6.92 Å². The van der Waals surface area contributed by atoms with Crippen LogP contribution in [0.15, 0.2) is 62.3 Å². The van der Waals surface area contributed by atoms with Crippen LogP contribution < -0.4 is 10.3 Å². The fraction of sp³-hybridized carbons (Fsp3) is 0.0952. The van der Waals surface area contributed by atoms with E-state index in [0.717, 1.165) is 0 Å². The molecule has 3 heterocycles. The number of hydrogen-bond donors (Lipinski definition) is 0. The van der Waals surface area contributed by atoms with Gasteiger partial charge in [-0.3, -0.25) is 14.5 Å². The number of benzene rings is 2. The summed E-state index contributed by atoms with van der Waals surface area (Å²) < 4.78 is 11.0. The smallest absolute Gasteiger partial charge is 0.296 e. The van der Waals surface area contributed by atoms with Crippen LogP contribution in [0.25, 0.3) is 11.0 Å². The van der Waals surface area contributed by atoms with E-state index in [-0.39, 0.29) is 16.8 Å². The lowest BCUT2D eigenvalue weighted by molar-refractivity contribution is 0.0969. The van der Waals surface area contributed by atoms with Crippen LogP contribution in [0.4, 0.5) is 5.82 Å². The minimum absolute atomic E-state index is 0.0228. The number of hydrogen-bond acceptors (Lipinski definition) is 5. The Morgan fingerprint density at radius 3 is 2.41 bits per heavy atom. The Labute approximate surface area is 174 Å². The maximum Gasteiger partial charge on any atom is 0.296 e. The molecule has 1 aliphatic rings. The summed E-state index contributed by atoms with van der Waals surface area (Å²) in [5.41, 5.74) is 0.892. The Kier molecular flexibility index (Phi) is 4.01. The summed E-state index contributed by atoms with van der Waals surface area (Å²) in [6, 6.07) is 12.5. The number of carbonyl (C=O) groups is 1. The van der Waals surface area contributed by atoms with Gasteiger partial charge in [-0.2, -0.15) is 0 Å². The van der Waals surface area contributed by atoms with Crippen molar-refractivity contribution in [1.29, 1.82) is 0 Å². The topological polar surface area (TPSA) is 76.6 Å². The molecule has 2 aromatic carbocycles. The van der Waals surface area contributed by atoms with Gasteiger partial charge in [-0.15, -0.1) is 0 Å². The van der Waals surface area contributed by atoms with Crippen molar-refractivity contribution in [3.05, 3.63) is 91.4 Å². The van der Waals surface area contributed by atoms with E-state index in [1.165, 1.54) is 11.0 Å². The van der Waals surface area contributed by atoms with Gasteiger partial charge >= 0.3 is 0 Å². The van der Waals surface area contributed by atoms with E-state index in [1.807, 2.05) is 0 Å². The van der Waals surface area contributed by atoms with Crippen molar-refractivity contribution in [3.63, 3.8) is 0 Å². The molecule has 0 aliphatic carbocycles. The molecule has 8 heteroatoms. The highest BCUT2D eigenvalue weighted by molar-refractivity contribution is 6.31. The quantitative estimate of drug-likeness (QED) is 0.443. The normalized spacial score (nSPS) is 15.9. The minimum atomic E-state index is -0.737. The zero-order valence-corrected chi connectivity index (χ0v) is 16.5. The van der Waals surface area contributed by atoms with Crippen LogP contribution in [0.2, 0.25) is 10.0 Å². The highest BCUT2D eigenvalue weighted by Gasteiger charge is 2.44. The molecule has 4 aromatic rings. The van der Waals surface area contributed by atoms with Gasteiger partial charge in [-0.05, 0) is 42.8 Å². The van der Waals surface area contributed by atoms with Crippen molar-refractivity contribution in [3.8, 4) is 0 Å². The molecule has 29 heavy (non-hydrogen) atoms.